The maximum atomic E-state index is 13.2. The van der Waals surface area contributed by atoms with Crippen molar-refractivity contribution in [3.05, 3.63) is 64.1 Å². The fourth-order valence-electron chi connectivity index (χ4n) is 3.94. The first-order valence-corrected chi connectivity index (χ1v) is 9.25. The molecule has 2 aliphatic rings. The molecular formula is C22H22O7. The van der Waals surface area contributed by atoms with E-state index in [-0.39, 0.29) is 45.5 Å². The Morgan fingerprint density at radius 2 is 1.79 bits per heavy atom. The van der Waals surface area contributed by atoms with Crippen LogP contribution in [0.2, 0.25) is 0 Å². The molecule has 3 rings (SSSR count). The molecule has 0 radical (unpaired) electrons. The number of fused-ring (bicyclic) bond motifs is 1. The van der Waals surface area contributed by atoms with Crippen LogP contribution in [0.25, 0.3) is 0 Å². The largest absolute Gasteiger partial charge is 0.508 e. The summed E-state index contributed by atoms with van der Waals surface area (Å²) in [5, 5.41) is 29.9. The highest BCUT2D eigenvalue weighted by Gasteiger charge is 2.38. The number of ketones is 3. The Morgan fingerprint density at radius 3 is 2.34 bits per heavy atom. The normalized spacial score (nSPS) is 19.1. The zero-order valence-corrected chi connectivity index (χ0v) is 16.0. The summed E-state index contributed by atoms with van der Waals surface area (Å²) in [6, 6.07) is 4.55. The Kier molecular flexibility index (Phi) is 5.70. The SMILES string of the molecule is C=C(O)C1=C(C(O)=C2CCC(C(=O)CO)CC2)C(=O)c2c(OC)cccc2C1=O. The number of ether oxygens (including phenoxy) is 1. The smallest absolute Gasteiger partial charge is 0.202 e. The average molecular weight is 398 g/mol. The lowest BCUT2D eigenvalue weighted by atomic mass is 9.78. The van der Waals surface area contributed by atoms with Crippen molar-refractivity contribution in [3.63, 3.8) is 0 Å². The fraction of sp³-hybridized carbons (Fsp3) is 0.318. The van der Waals surface area contributed by atoms with Gasteiger partial charge in [-0.1, -0.05) is 18.7 Å². The van der Waals surface area contributed by atoms with Crippen molar-refractivity contribution in [2.45, 2.75) is 25.7 Å². The van der Waals surface area contributed by atoms with Crippen molar-refractivity contribution in [2.75, 3.05) is 13.7 Å². The standard InChI is InChI=1S/C22H22O7/c1-11(24)17-19(20(26)13-8-6-12(7-9-13)15(25)10-23)22(28)18-14(21(17)27)4-3-5-16(18)29-2/h3-5,12,23-24,26H,1,6-10H2,2H3. The molecule has 152 valence electrons. The molecule has 1 aromatic carbocycles. The van der Waals surface area contributed by atoms with Crippen LogP contribution in [0.3, 0.4) is 0 Å². The van der Waals surface area contributed by atoms with Crippen LogP contribution >= 0.6 is 0 Å². The fourth-order valence-corrected chi connectivity index (χ4v) is 3.94. The van der Waals surface area contributed by atoms with E-state index in [1.165, 1.54) is 19.2 Å². The molecule has 29 heavy (non-hydrogen) atoms. The second-order valence-corrected chi connectivity index (χ2v) is 7.09. The molecule has 0 saturated heterocycles. The van der Waals surface area contributed by atoms with Gasteiger partial charge in [0.15, 0.2) is 11.6 Å². The lowest BCUT2D eigenvalue weighted by Gasteiger charge is -2.26. The molecular weight excluding hydrogens is 376 g/mol. The van der Waals surface area contributed by atoms with Crippen LogP contribution in [-0.2, 0) is 4.79 Å². The molecule has 1 aromatic rings. The van der Waals surface area contributed by atoms with Crippen LogP contribution < -0.4 is 4.74 Å². The first-order chi connectivity index (χ1) is 13.8. The van der Waals surface area contributed by atoms with E-state index in [9.17, 15) is 24.6 Å². The quantitative estimate of drug-likeness (QED) is 0.652. The van der Waals surface area contributed by atoms with Crippen molar-refractivity contribution in [2.24, 2.45) is 5.92 Å². The molecule has 0 bridgehead atoms. The Hall–Kier alpha value is -3.19. The van der Waals surface area contributed by atoms with Gasteiger partial charge in [0.1, 0.15) is 23.9 Å². The van der Waals surface area contributed by atoms with Gasteiger partial charge in [-0.25, -0.2) is 0 Å². The molecule has 0 aromatic heterocycles. The van der Waals surface area contributed by atoms with Crippen molar-refractivity contribution in [1.82, 2.24) is 0 Å². The maximum Gasteiger partial charge on any atom is 0.202 e. The summed E-state index contributed by atoms with van der Waals surface area (Å²) < 4.78 is 5.21. The number of hydrogen-bond donors (Lipinski definition) is 3. The number of hydrogen-bond acceptors (Lipinski definition) is 7. The van der Waals surface area contributed by atoms with E-state index >= 15 is 0 Å². The van der Waals surface area contributed by atoms with Crippen LogP contribution in [0, 0.1) is 5.92 Å². The van der Waals surface area contributed by atoms with Gasteiger partial charge < -0.3 is 20.1 Å². The highest BCUT2D eigenvalue weighted by Crippen LogP contribution is 2.39. The molecule has 0 spiro atoms. The summed E-state index contributed by atoms with van der Waals surface area (Å²) in [7, 11) is 1.37. The molecule has 7 nitrogen and oxygen atoms in total. The van der Waals surface area contributed by atoms with Gasteiger partial charge in [-0.2, -0.15) is 0 Å². The Balaban J connectivity index is 2.10. The van der Waals surface area contributed by atoms with Crippen molar-refractivity contribution >= 4 is 17.3 Å². The monoisotopic (exact) mass is 398 g/mol. The van der Waals surface area contributed by atoms with E-state index in [0.717, 1.165) is 0 Å². The van der Waals surface area contributed by atoms with Gasteiger partial charge in [0, 0.05) is 11.5 Å². The minimum Gasteiger partial charge on any atom is -0.508 e. The van der Waals surface area contributed by atoms with Gasteiger partial charge >= 0.3 is 0 Å². The number of carbonyl (C=O) groups is 3. The third-order valence-corrected chi connectivity index (χ3v) is 5.48. The number of Topliss-reactive ketones (excluding diaryl/α,β-unsaturated/α-hetero) is 3. The zero-order valence-electron chi connectivity index (χ0n) is 16.0. The predicted octanol–water partition coefficient (Wildman–Crippen LogP) is 3.01. The minimum absolute atomic E-state index is 0.0243. The minimum atomic E-state index is -0.638. The lowest BCUT2D eigenvalue weighted by molar-refractivity contribution is -0.126. The van der Waals surface area contributed by atoms with Gasteiger partial charge in [0.25, 0.3) is 0 Å². The summed E-state index contributed by atoms with van der Waals surface area (Å²) >= 11 is 0. The molecule has 0 amide bonds. The van der Waals surface area contributed by atoms with Gasteiger partial charge in [-0.3, -0.25) is 14.4 Å². The van der Waals surface area contributed by atoms with Crippen molar-refractivity contribution in [1.29, 1.82) is 0 Å². The van der Waals surface area contributed by atoms with E-state index in [4.69, 9.17) is 9.84 Å². The lowest BCUT2D eigenvalue weighted by Crippen LogP contribution is -2.26. The molecule has 7 heteroatoms. The molecule has 0 unspecified atom stereocenters. The molecule has 2 aliphatic carbocycles. The van der Waals surface area contributed by atoms with E-state index in [2.05, 4.69) is 6.58 Å². The van der Waals surface area contributed by atoms with Crippen LogP contribution in [-0.4, -0.2) is 46.4 Å². The van der Waals surface area contributed by atoms with Crippen LogP contribution in [0.5, 0.6) is 5.75 Å². The summed E-state index contributed by atoms with van der Waals surface area (Å²) in [6.07, 6.45) is 1.50. The average Bonchev–Trinajstić information content (AvgIpc) is 2.74. The van der Waals surface area contributed by atoms with E-state index in [1.54, 1.807) is 6.07 Å². The number of aliphatic hydroxyl groups excluding tert-OH is 3. The second-order valence-electron chi connectivity index (χ2n) is 7.09. The molecule has 0 aliphatic heterocycles. The predicted molar refractivity (Wildman–Crippen MR) is 104 cm³/mol. The number of methoxy groups -OCH3 is 1. The molecule has 1 fully saturated rings. The van der Waals surface area contributed by atoms with Crippen LogP contribution in [0.1, 0.15) is 46.4 Å². The molecule has 0 heterocycles. The number of allylic oxidation sites excluding steroid dienone is 3. The van der Waals surface area contributed by atoms with E-state index in [0.29, 0.717) is 31.3 Å². The summed E-state index contributed by atoms with van der Waals surface area (Å²) in [4.78, 5) is 37.9. The summed E-state index contributed by atoms with van der Waals surface area (Å²) in [5.74, 6) is -2.62. The molecule has 1 saturated carbocycles. The van der Waals surface area contributed by atoms with Crippen molar-refractivity contribution < 1.29 is 34.4 Å². The summed E-state index contributed by atoms with van der Waals surface area (Å²) in [5.41, 5.74) is -0.0365. The Labute approximate surface area is 167 Å². The van der Waals surface area contributed by atoms with E-state index < -0.39 is 23.9 Å². The van der Waals surface area contributed by atoms with Gasteiger partial charge in [-0.05, 0) is 37.3 Å². The van der Waals surface area contributed by atoms with Crippen LogP contribution in [0.4, 0.5) is 0 Å². The number of rotatable bonds is 5. The highest BCUT2D eigenvalue weighted by molar-refractivity contribution is 6.30. The summed E-state index contributed by atoms with van der Waals surface area (Å²) in [6.45, 7) is 2.86. The third kappa shape index (κ3) is 3.49. The first-order valence-electron chi connectivity index (χ1n) is 9.25. The number of benzene rings is 1. The van der Waals surface area contributed by atoms with E-state index in [1.807, 2.05) is 0 Å². The Morgan fingerprint density at radius 1 is 1.14 bits per heavy atom. The Bertz CT molecular complexity index is 971. The van der Waals surface area contributed by atoms with Crippen LogP contribution in [0.15, 0.2) is 53.0 Å². The maximum absolute atomic E-state index is 13.2. The molecule has 3 N–H and O–H groups in total. The van der Waals surface area contributed by atoms with Gasteiger partial charge in [-0.15, -0.1) is 0 Å². The van der Waals surface area contributed by atoms with Gasteiger partial charge in [0.05, 0.1) is 23.8 Å². The second kappa shape index (κ2) is 8.05. The topological polar surface area (TPSA) is 121 Å². The van der Waals surface area contributed by atoms with Crippen molar-refractivity contribution in [3.8, 4) is 5.75 Å². The third-order valence-electron chi connectivity index (χ3n) is 5.48. The number of carbonyl (C=O) groups excluding carboxylic acids is 3. The molecule has 0 atom stereocenters. The zero-order chi connectivity index (χ0) is 21.3. The number of aliphatic hydroxyl groups is 3. The first kappa shape index (κ1) is 20.5. The van der Waals surface area contributed by atoms with Gasteiger partial charge in [0.2, 0.25) is 5.78 Å². The highest BCUT2D eigenvalue weighted by atomic mass is 16.5.